The summed E-state index contributed by atoms with van der Waals surface area (Å²) < 4.78 is 13.5. The summed E-state index contributed by atoms with van der Waals surface area (Å²) in [4.78, 5) is 34.4. The zero-order chi connectivity index (χ0) is 21.1. The predicted octanol–water partition coefficient (Wildman–Crippen LogP) is 2.67. The molecule has 2 aromatic carbocycles. The van der Waals surface area contributed by atoms with E-state index in [1.165, 1.54) is 30.2 Å². The number of anilines is 1. The van der Waals surface area contributed by atoms with E-state index in [0.717, 1.165) is 10.5 Å². The third-order valence-electron chi connectivity index (χ3n) is 4.55. The molecule has 1 aromatic heterocycles. The van der Waals surface area contributed by atoms with Gasteiger partial charge in [-0.05, 0) is 48.4 Å². The Labute approximate surface area is 175 Å². The van der Waals surface area contributed by atoms with Gasteiger partial charge in [0.2, 0.25) is 0 Å². The van der Waals surface area contributed by atoms with E-state index >= 15 is 0 Å². The monoisotopic (exact) mass is 424 g/mol. The molecular weight excluding hydrogens is 407 g/mol. The second-order valence-electron chi connectivity index (χ2n) is 6.71. The minimum Gasteiger partial charge on any atom is -0.394 e. The quantitative estimate of drug-likeness (QED) is 0.582. The molecule has 1 aliphatic heterocycles. The van der Waals surface area contributed by atoms with Crippen LogP contribution in [-0.2, 0) is 6.42 Å². The number of hydrogen-bond acceptors (Lipinski definition) is 6. The van der Waals surface area contributed by atoms with Crippen LogP contribution in [-0.4, -0.2) is 39.5 Å². The maximum Gasteiger partial charge on any atom is 0.256 e. The van der Waals surface area contributed by atoms with Gasteiger partial charge in [0.1, 0.15) is 12.1 Å². The Kier molecular flexibility index (Phi) is 5.73. The molecule has 0 fully saturated rings. The Balaban J connectivity index is 1.53. The Morgan fingerprint density at radius 2 is 1.93 bits per heavy atom. The molecule has 2 heterocycles. The molecule has 1 atom stereocenters. The lowest BCUT2D eigenvalue weighted by atomic mass is 10.1. The maximum atomic E-state index is 13.5. The van der Waals surface area contributed by atoms with Crippen LogP contribution in [0.2, 0.25) is 0 Å². The number of halogens is 1. The number of fused-ring (bicyclic) bond motifs is 2. The fourth-order valence-corrected chi connectivity index (χ4v) is 4.08. The van der Waals surface area contributed by atoms with E-state index in [4.69, 9.17) is 0 Å². The fourth-order valence-electron chi connectivity index (χ4n) is 3.08. The molecule has 2 amide bonds. The van der Waals surface area contributed by atoms with Gasteiger partial charge in [0.15, 0.2) is 0 Å². The first-order valence-corrected chi connectivity index (χ1v) is 9.93. The van der Waals surface area contributed by atoms with Crippen LogP contribution in [0.4, 0.5) is 10.1 Å². The van der Waals surface area contributed by atoms with Crippen molar-refractivity contribution in [2.75, 3.05) is 11.9 Å². The Morgan fingerprint density at radius 1 is 1.17 bits per heavy atom. The van der Waals surface area contributed by atoms with Crippen LogP contribution in [0.25, 0.3) is 0 Å². The molecule has 0 bridgehead atoms. The topological polar surface area (TPSA) is 104 Å². The number of carbonyl (C=O) groups excluding carboxylic acids is 2. The van der Waals surface area contributed by atoms with E-state index in [1.54, 1.807) is 36.7 Å². The smallest absolute Gasteiger partial charge is 0.256 e. The lowest BCUT2D eigenvalue weighted by Gasteiger charge is -2.17. The summed E-state index contributed by atoms with van der Waals surface area (Å²) in [6, 6.07) is 8.48. The van der Waals surface area contributed by atoms with Crippen molar-refractivity contribution in [1.29, 1.82) is 0 Å². The number of aromatic nitrogens is 2. The van der Waals surface area contributed by atoms with Gasteiger partial charge in [0.25, 0.3) is 11.8 Å². The molecule has 3 aromatic rings. The number of aliphatic hydroxyl groups is 1. The van der Waals surface area contributed by atoms with E-state index in [9.17, 15) is 19.1 Å². The summed E-state index contributed by atoms with van der Waals surface area (Å²) in [5, 5.41) is 15.1. The largest absolute Gasteiger partial charge is 0.394 e. The van der Waals surface area contributed by atoms with Crippen molar-refractivity contribution >= 4 is 29.3 Å². The van der Waals surface area contributed by atoms with Crippen LogP contribution in [0.1, 0.15) is 26.3 Å². The van der Waals surface area contributed by atoms with E-state index in [0.29, 0.717) is 22.6 Å². The number of nitrogens with zero attached hydrogens (tertiary/aromatic N) is 2. The molecule has 0 spiro atoms. The Bertz CT molecular complexity index is 1110. The third-order valence-corrected chi connectivity index (χ3v) is 5.70. The number of amides is 2. The van der Waals surface area contributed by atoms with Crippen LogP contribution in [0, 0.1) is 5.82 Å². The van der Waals surface area contributed by atoms with E-state index < -0.39 is 17.8 Å². The Morgan fingerprint density at radius 3 is 2.70 bits per heavy atom. The normalized spacial score (nSPS) is 13.5. The number of aliphatic hydroxyl groups excluding tert-OH is 1. The van der Waals surface area contributed by atoms with Crippen LogP contribution in [0.5, 0.6) is 0 Å². The zero-order valence-corrected chi connectivity index (χ0v) is 16.4. The van der Waals surface area contributed by atoms with E-state index in [1.807, 2.05) is 0 Å². The van der Waals surface area contributed by atoms with Crippen LogP contribution in [0.15, 0.2) is 64.9 Å². The van der Waals surface area contributed by atoms with Gasteiger partial charge in [-0.1, -0.05) is 11.8 Å². The lowest BCUT2D eigenvalue weighted by Crippen LogP contribution is -2.39. The van der Waals surface area contributed by atoms with Crippen LogP contribution >= 0.6 is 11.8 Å². The molecule has 3 N–H and O–H groups in total. The lowest BCUT2D eigenvalue weighted by molar-refractivity contribution is 0.0915. The molecule has 1 aliphatic rings. The van der Waals surface area contributed by atoms with Gasteiger partial charge in [0.05, 0.1) is 23.9 Å². The average Bonchev–Trinajstić information content (AvgIpc) is 2.89. The molecule has 9 heteroatoms. The fraction of sp³-hybridized carbons (Fsp3) is 0.143. The third kappa shape index (κ3) is 4.32. The first-order chi connectivity index (χ1) is 14.5. The summed E-state index contributed by atoms with van der Waals surface area (Å²) in [5.74, 6) is -1.32. The minimum atomic E-state index is -0.515. The van der Waals surface area contributed by atoms with Crippen LogP contribution < -0.4 is 10.6 Å². The standard InChI is InChI=1S/C21H17FN4O3S/c22-14-2-4-18-16(7-14)21(29)26-17-6-13(1-3-19(17)30-18)20(28)25-15(10-27)5-12-8-23-11-24-9-12/h1-4,6-9,11,15,27H,5,10H2,(H,25,28)(H,26,29). The first kappa shape index (κ1) is 20.0. The zero-order valence-electron chi connectivity index (χ0n) is 15.6. The van der Waals surface area contributed by atoms with Gasteiger partial charge in [-0.15, -0.1) is 0 Å². The molecule has 0 radical (unpaired) electrons. The molecule has 4 rings (SSSR count). The molecule has 7 nitrogen and oxygen atoms in total. The van der Waals surface area contributed by atoms with Crippen molar-refractivity contribution in [2.24, 2.45) is 0 Å². The highest BCUT2D eigenvalue weighted by Gasteiger charge is 2.22. The van der Waals surface area contributed by atoms with Gasteiger partial charge in [0, 0.05) is 27.7 Å². The Hall–Kier alpha value is -3.30. The molecule has 1 unspecified atom stereocenters. The van der Waals surface area contributed by atoms with Gasteiger partial charge in [-0.2, -0.15) is 0 Å². The van der Waals surface area contributed by atoms with Crippen molar-refractivity contribution in [3.05, 3.63) is 77.6 Å². The van der Waals surface area contributed by atoms with Crippen molar-refractivity contribution in [1.82, 2.24) is 15.3 Å². The van der Waals surface area contributed by atoms with Crippen molar-refractivity contribution in [2.45, 2.75) is 22.3 Å². The summed E-state index contributed by atoms with van der Waals surface area (Å²) in [6.07, 6.45) is 5.03. The van der Waals surface area contributed by atoms with Crippen LogP contribution in [0.3, 0.4) is 0 Å². The first-order valence-electron chi connectivity index (χ1n) is 9.12. The summed E-state index contributed by atoms with van der Waals surface area (Å²) >= 11 is 1.32. The molecular formula is C21H17FN4O3S. The highest BCUT2D eigenvalue weighted by Crippen LogP contribution is 2.39. The molecule has 152 valence electrons. The van der Waals surface area contributed by atoms with E-state index in [2.05, 4.69) is 20.6 Å². The second-order valence-corrected chi connectivity index (χ2v) is 7.80. The van der Waals surface area contributed by atoms with Gasteiger partial charge < -0.3 is 15.7 Å². The number of carbonyl (C=O) groups is 2. The minimum absolute atomic E-state index is 0.243. The average molecular weight is 424 g/mol. The predicted molar refractivity (Wildman–Crippen MR) is 109 cm³/mol. The maximum absolute atomic E-state index is 13.5. The number of rotatable bonds is 5. The summed E-state index contributed by atoms with van der Waals surface area (Å²) in [6.45, 7) is -0.251. The molecule has 0 saturated heterocycles. The second kappa shape index (κ2) is 8.60. The highest BCUT2D eigenvalue weighted by molar-refractivity contribution is 7.99. The van der Waals surface area contributed by atoms with Gasteiger partial charge in [-0.25, -0.2) is 14.4 Å². The van der Waals surface area contributed by atoms with Crippen molar-refractivity contribution in [3.63, 3.8) is 0 Å². The van der Waals surface area contributed by atoms with Gasteiger partial charge >= 0.3 is 0 Å². The molecule has 0 aliphatic carbocycles. The number of hydrogen-bond donors (Lipinski definition) is 3. The van der Waals surface area contributed by atoms with Gasteiger partial charge in [-0.3, -0.25) is 9.59 Å². The van der Waals surface area contributed by atoms with Crippen molar-refractivity contribution < 1.29 is 19.1 Å². The van der Waals surface area contributed by atoms with E-state index in [-0.39, 0.29) is 18.1 Å². The van der Waals surface area contributed by atoms with Crippen molar-refractivity contribution in [3.8, 4) is 0 Å². The summed E-state index contributed by atoms with van der Waals surface area (Å²) in [7, 11) is 0. The molecule has 30 heavy (non-hydrogen) atoms. The SMILES string of the molecule is O=C(NC(CO)Cc1cncnc1)c1ccc2c(c1)NC(=O)c1cc(F)ccc1S2. The molecule has 0 saturated carbocycles. The summed E-state index contributed by atoms with van der Waals surface area (Å²) in [5.41, 5.74) is 1.82. The number of nitrogens with one attached hydrogen (secondary N) is 2. The highest BCUT2D eigenvalue weighted by atomic mass is 32.2. The number of benzene rings is 2.